The van der Waals surface area contributed by atoms with Gasteiger partial charge in [-0.1, -0.05) is 12.1 Å². The molecule has 0 saturated heterocycles. The minimum absolute atomic E-state index is 0. The second-order valence-electron chi connectivity index (χ2n) is 4.29. The minimum Gasteiger partial charge on any atom is -0.359 e. The Morgan fingerprint density at radius 3 is 2.71 bits per heavy atom. The van der Waals surface area contributed by atoms with Gasteiger partial charge in [0.15, 0.2) is 11.7 Å². The van der Waals surface area contributed by atoms with Crippen molar-refractivity contribution in [1.82, 2.24) is 20.8 Å². The van der Waals surface area contributed by atoms with E-state index in [0.717, 1.165) is 22.9 Å². The van der Waals surface area contributed by atoms with Gasteiger partial charge in [-0.25, -0.2) is 4.98 Å². The summed E-state index contributed by atoms with van der Waals surface area (Å²) in [7, 11) is 1.74. The molecule has 0 fully saturated rings. The molecule has 0 spiro atoms. The molecule has 0 atom stereocenters. The van der Waals surface area contributed by atoms with Gasteiger partial charge in [-0.15, -0.1) is 35.3 Å². The van der Waals surface area contributed by atoms with Gasteiger partial charge in [-0.05, 0) is 13.3 Å². The average Bonchev–Trinajstić information content (AvgIpc) is 3.08. The predicted octanol–water partition coefficient (Wildman–Crippen LogP) is 2.49. The van der Waals surface area contributed by atoms with E-state index in [1.807, 2.05) is 19.2 Å². The first-order valence-electron chi connectivity index (χ1n) is 6.51. The van der Waals surface area contributed by atoms with E-state index in [1.54, 1.807) is 18.4 Å². The first-order valence-corrected chi connectivity index (χ1v) is 7.33. The Hall–Kier alpha value is -1.16. The van der Waals surface area contributed by atoms with Crippen molar-refractivity contribution in [3.05, 3.63) is 33.6 Å². The number of halogens is 1. The molecule has 2 N–H and O–H groups in total. The number of aliphatic imine (C=N–C) groups is 1. The molecule has 0 aliphatic carbocycles. The van der Waals surface area contributed by atoms with Crippen molar-refractivity contribution in [3.8, 4) is 0 Å². The molecular formula is C13H20IN5OS. The summed E-state index contributed by atoms with van der Waals surface area (Å²) in [6.45, 7) is 5.25. The van der Waals surface area contributed by atoms with Crippen LogP contribution in [-0.2, 0) is 19.5 Å². The Morgan fingerprint density at radius 1 is 1.38 bits per heavy atom. The van der Waals surface area contributed by atoms with E-state index in [9.17, 15) is 0 Å². The summed E-state index contributed by atoms with van der Waals surface area (Å²) in [5, 5.41) is 11.3. The zero-order valence-corrected chi connectivity index (χ0v) is 15.5. The highest BCUT2D eigenvalue weighted by molar-refractivity contribution is 14.0. The molecule has 0 unspecified atom stereocenters. The maximum absolute atomic E-state index is 5.13. The number of guanidine groups is 1. The lowest BCUT2D eigenvalue weighted by molar-refractivity contribution is 0.376. The van der Waals surface area contributed by atoms with Crippen molar-refractivity contribution in [2.45, 2.75) is 33.4 Å². The molecule has 0 aliphatic rings. The van der Waals surface area contributed by atoms with E-state index in [2.05, 4.69) is 32.7 Å². The molecule has 2 heterocycles. The quantitative estimate of drug-likeness (QED) is 0.441. The molecule has 0 bridgehead atoms. The van der Waals surface area contributed by atoms with Crippen molar-refractivity contribution in [3.63, 3.8) is 0 Å². The van der Waals surface area contributed by atoms with Crippen molar-refractivity contribution >= 4 is 41.3 Å². The van der Waals surface area contributed by atoms with Crippen LogP contribution in [0.15, 0.2) is 21.8 Å². The molecule has 2 rings (SSSR count). The number of aromatic nitrogens is 2. The number of hydrogen-bond donors (Lipinski definition) is 2. The van der Waals surface area contributed by atoms with Crippen molar-refractivity contribution in [2.24, 2.45) is 4.99 Å². The molecule has 2 aromatic heterocycles. The lowest BCUT2D eigenvalue weighted by Gasteiger charge is -2.09. The molecule has 21 heavy (non-hydrogen) atoms. The Labute approximate surface area is 145 Å². The van der Waals surface area contributed by atoms with Gasteiger partial charge in [0.2, 0.25) is 0 Å². The highest BCUT2D eigenvalue weighted by atomic mass is 127. The third-order valence-electron chi connectivity index (χ3n) is 2.69. The Kier molecular flexibility index (Phi) is 7.65. The zero-order chi connectivity index (χ0) is 14.4. The molecule has 0 amide bonds. The van der Waals surface area contributed by atoms with Crippen LogP contribution in [0.5, 0.6) is 0 Å². The summed E-state index contributed by atoms with van der Waals surface area (Å²) >= 11 is 1.72. The van der Waals surface area contributed by atoms with Crippen molar-refractivity contribution < 1.29 is 4.52 Å². The van der Waals surface area contributed by atoms with Gasteiger partial charge in [-0.3, -0.25) is 4.99 Å². The standard InChI is InChI=1S/C13H19N5OS.HI/c1-4-11-7-15-12(20-11)8-17-13(14-3)16-6-10-5-9(2)18-19-10;/h5,7H,4,6,8H2,1-3H3,(H2,14,16,17);1H. The number of thiazole rings is 1. The molecule has 6 nitrogen and oxygen atoms in total. The van der Waals surface area contributed by atoms with E-state index in [0.29, 0.717) is 19.0 Å². The Bertz CT molecular complexity index is 581. The van der Waals surface area contributed by atoms with Gasteiger partial charge in [0.05, 0.1) is 18.8 Å². The van der Waals surface area contributed by atoms with Gasteiger partial charge in [-0.2, -0.15) is 0 Å². The fraction of sp³-hybridized carbons (Fsp3) is 0.462. The average molecular weight is 421 g/mol. The number of nitrogens with zero attached hydrogens (tertiary/aromatic N) is 3. The largest absolute Gasteiger partial charge is 0.359 e. The van der Waals surface area contributed by atoms with Crippen molar-refractivity contribution in [2.75, 3.05) is 7.05 Å². The highest BCUT2D eigenvalue weighted by Gasteiger charge is 2.04. The molecule has 0 radical (unpaired) electrons. The van der Waals surface area contributed by atoms with Crippen molar-refractivity contribution in [1.29, 1.82) is 0 Å². The van der Waals surface area contributed by atoms with Crippen LogP contribution < -0.4 is 10.6 Å². The number of nitrogens with one attached hydrogen (secondary N) is 2. The van der Waals surface area contributed by atoms with Gasteiger partial charge in [0, 0.05) is 24.2 Å². The summed E-state index contributed by atoms with van der Waals surface area (Å²) in [5.74, 6) is 1.50. The van der Waals surface area contributed by atoms with Gasteiger partial charge >= 0.3 is 0 Å². The summed E-state index contributed by atoms with van der Waals surface area (Å²) in [5.41, 5.74) is 0.875. The Balaban J connectivity index is 0.00000220. The SMILES string of the molecule is CCc1cnc(CNC(=NC)NCc2cc(C)no2)s1.I. The first kappa shape index (κ1) is 17.9. The molecule has 116 valence electrons. The van der Waals surface area contributed by atoms with E-state index in [4.69, 9.17) is 4.52 Å². The third-order valence-corrected chi connectivity index (χ3v) is 3.83. The second kappa shape index (κ2) is 8.98. The molecule has 0 aliphatic heterocycles. The monoisotopic (exact) mass is 421 g/mol. The van der Waals surface area contributed by atoms with Gasteiger partial charge < -0.3 is 15.2 Å². The van der Waals surface area contributed by atoms with Crippen LogP contribution in [0.4, 0.5) is 0 Å². The molecule has 0 saturated carbocycles. The van der Waals surface area contributed by atoms with Crippen LogP contribution in [0, 0.1) is 6.92 Å². The van der Waals surface area contributed by atoms with Crippen LogP contribution >= 0.6 is 35.3 Å². The molecule has 2 aromatic rings. The minimum atomic E-state index is 0. The van der Waals surface area contributed by atoms with E-state index in [1.165, 1.54) is 4.88 Å². The fourth-order valence-electron chi connectivity index (χ4n) is 1.64. The summed E-state index contributed by atoms with van der Waals surface area (Å²) in [6.07, 6.45) is 2.95. The lowest BCUT2D eigenvalue weighted by atomic mass is 10.4. The van der Waals surface area contributed by atoms with Crippen LogP contribution in [0.3, 0.4) is 0 Å². The fourth-order valence-corrected chi connectivity index (χ4v) is 2.45. The number of rotatable bonds is 5. The van der Waals surface area contributed by atoms with E-state index >= 15 is 0 Å². The number of aryl methyl sites for hydroxylation is 2. The van der Waals surface area contributed by atoms with Crippen LogP contribution in [0.2, 0.25) is 0 Å². The molecular weight excluding hydrogens is 401 g/mol. The lowest BCUT2D eigenvalue weighted by Crippen LogP contribution is -2.36. The smallest absolute Gasteiger partial charge is 0.191 e. The van der Waals surface area contributed by atoms with Gasteiger partial charge in [0.1, 0.15) is 5.01 Å². The Morgan fingerprint density at radius 2 is 2.14 bits per heavy atom. The number of hydrogen-bond acceptors (Lipinski definition) is 5. The van der Waals surface area contributed by atoms with Crippen LogP contribution in [0.1, 0.15) is 28.3 Å². The first-order chi connectivity index (χ1) is 9.71. The third kappa shape index (κ3) is 5.62. The van der Waals surface area contributed by atoms with Gasteiger partial charge in [0.25, 0.3) is 0 Å². The second-order valence-corrected chi connectivity index (χ2v) is 5.49. The molecule has 0 aromatic carbocycles. The summed E-state index contributed by atoms with van der Waals surface area (Å²) in [4.78, 5) is 9.81. The maximum Gasteiger partial charge on any atom is 0.191 e. The normalized spacial score (nSPS) is 11.1. The molecule has 8 heteroatoms. The van der Waals surface area contributed by atoms with E-state index < -0.39 is 0 Å². The van der Waals surface area contributed by atoms with Crippen LogP contribution in [0.25, 0.3) is 0 Å². The predicted molar refractivity (Wildman–Crippen MR) is 95.2 cm³/mol. The summed E-state index contributed by atoms with van der Waals surface area (Å²) in [6, 6.07) is 1.90. The maximum atomic E-state index is 5.13. The van der Waals surface area contributed by atoms with Crippen LogP contribution in [-0.4, -0.2) is 23.1 Å². The van der Waals surface area contributed by atoms with E-state index in [-0.39, 0.29) is 24.0 Å². The zero-order valence-electron chi connectivity index (χ0n) is 12.3. The topological polar surface area (TPSA) is 75.3 Å². The highest BCUT2D eigenvalue weighted by Crippen LogP contribution is 2.12. The summed E-state index contributed by atoms with van der Waals surface area (Å²) < 4.78 is 5.13.